The molecule has 0 amide bonds. The van der Waals surface area contributed by atoms with Gasteiger partial charge in [-0.05, 0) is 29.0 Å². The number of rotatable bonds is 2. The summed E-state index contributed by atoms with van der Waals surface area (Å²) in [6, 6.07) is 10.9. The summed E-state index contributed by atoms with van der Waals surface area (Å²) in [7, 11) is 0. The largest absolute Gasteiger partial charge is 0.0622 e. The van der Waals surface area contributed by atoms with E-state index in [1.807, 2.05) is 0 Å². The Labute approximate surface area is 103 Å². The lowest BCUT2D eigenvalue weighted by Gasteiger charge is -2.13. The van der Waals surface area contributed by atoms with Crippen molar-refractivity contribution >= 4 is 0 Å². The van der Waals surface area contributed by atoms with E-state index in [1.54, 1.807) is 5.57 Å². The Hall–Kier alpha value is -1.56. The molecule has 1 aromatic rings. The first-order valence-electron chi connectivity index (χ1n) is 6.44. The molecule has 1 aromatic carbocycles. The average Bonchev–Trinajstić information content (AvgIpc) is 2.90. The fourth-order valence-electron chi connectivity index (χ4n) is 3.00. The molecule has 3 rings (SSSR count). The Kier molecular flexibility index (Phi) is 2.51. The van der Waals surface area contributed by atoms with Crippen LogP contribution in [0.25, 0.3) is 0 Å². The van der Waals surface area contributed by atoms with Crippen LogP contribution in [-0.2, 0) is 0 Å². The maximum Gasteiger partial charge on any atom is 0.0133 e. The summed E-state index contributed by atoms with van der Waals surface area (Å²) < 4.78 is 0. The molecule has 0 N–H and O–H groups in total. The van der Waals surface area contributed by atoms with Crippen molar-refractivity contribution in [1.29, 1.82) is 0 Å². The van der Waals surface area contributed by atoms with E-state index < -0.39 is 0 Å². The van der Waals surface area contributed by atoms with Crippen LogP contribution in [0.4, 0.5) is 0 Å². The second kappa shape index (κ2) is 4.03. The summed E-state index contributed by atoms with van der Waals surface area (Å²) in [5, 5.41) is 0. The molecule has 0 radical (unpaired) electrons. The Bertz CT molecular complexity index is 512. The highest BCUT2D eigenvalue weighted by Crippen LogP contribution is 2.47. The Morgan fingerprint density at radius 1 is 1.12 bits per heavy atom. The van der Waals surface area contributed by atoms with Gasteiger partial charge in [0, 0.05) is 5.92 Å². The van der Waals surface area contributed by atoms with Crippen molar-refractivity contribution in [3.05, 3.63) is 70.8 Å². The molecule has 2 aliphatic rings. The number of benzene rings is 1. The van der Waals surface area contributed by atoms with Crippen molar-refractivity contribution in [2.24, 2.45) is 5.92 Å². The minimum Gasteiger partial charge on any atom is -0.0622 e. The van der Waals surface area contributed by atoms with Gasteiger partial charge in [0.15, 0.2) is 0 Å². The van der Waals surface area contributed by atoms with Gasteiger partial charge in [-0.3, -0.25) is 0 Å². The molecule has 86 valence electrons. The van der Waals surface area contributed by atoms with Crippen LogP contribution in [0.3, 0.4) is 0 Å². The van der Waals surface area contributed by atoms with Crippen molar-refractivity contribution in [2.75, 3.05) is 0 Å². The monoisotopic (exact) mass is 222 g/mol. The summed E-state index contributed by atoms with van der Waals surface area (Å²) >= 11 is 0. The highest BCUT2D eigenvalue weighted by molar-refractivity contribution is 5.60. The van der Waals surface area contributed by atoms with E-state index in [-0.39, 0.29) is 0 Å². The summed E-state index contributed by atoms with van der Waals surface area (Å²) in [5.74, 6) is 1.24. The van der Waals surface area contributed by atoms with Crippen molar-refractivity contribution in [3.63, 3.8) is 0 Å². The zero-order chi connectivity index (χ0) is 11.8. The predicted molar refractivity (Wildman–Crippen MR) is 72.9 cm³/mol. The van der Waals surface area contributed by atoms with Crippen LogP contribution in [0.1, 0.15) is 31.7 Å². The first-order valence-corrected chi connectivity index (χ1v) is 6.44. The van der Waals surface area contributed by atoms with Crippen molar-refractivity contribution in [3.8, 4) is 0 Å². The zero-order valence-electron chi connectivity index (χ0n) is 10.5. The van der Waals surface area contributed by atoms with Gasteiger partial charge in [-0.2, -0.15) is 0 Å². The third-order valence-electron chi connectivity index (χ3n) is 3.89. The SMILES string of the molecule is CC(C)C1=C2C=CC=C2C(c2ccccc2)C1. The number of fused-ring (bicyclic) bond motifs is 1. The highest BCUT2D eigenvalue weighted by atomic mass is 14.3. The van der Waals surface area contributed by atoms with Gasteiger partial charge in [0.1, 0.15) is 0 Å². The second-order valence-corrected chi connectivity index (χ2v) is 5.24. The fraction of sp³-hybridized carbons (Fsp3) is 0.294. The van der Waals surface area contributed by atoms with Gasteiger partial charge in [-0.15, -0.1) is 0 Å². The van der Waals surface area contributed by atoms with E-state index >= 15 is 0 Å². The molecule has 0 saturated carbocycles. The molecule has 0 heterocycles. The van der Waals surface area contributed by atoms with Crippen molar-refractivity contribution in [1.82, 2.24) is 0 Å². The van der Waals surface area contributed by atoms with Crippen LogP contribution in [0.2, 0.25) is 0 Å². The quantitative estimate of drug-likeness (QED) is 0.684. The van der Waals surface area contributed by atoms with Crippen LogP contribution in [-0.4, -0.2) is 0 Å². The lowest BCUT2D eigenvalue weighted by atomic mass is 9.90. The van der Waals surface area contributed by atoms with Gasteiger partial charge >= 0.3 is 0 Å². The second-order valence-electron chi connectivity index (χ2n) is 5.24. The summed E-state index contributed by atoms with van der Waals surface area (Å²) in [4.78, 5) is 0. The molecule has 0 spiro atoms. The molecule has 0 nitrogen and oxygen atoms in total. The van der Waals surface area contributed by atoms with E-state index in [0.717, 1.165) is 0 Å². The minimum atomic E-state index is 0.582. The minimum absolute atomic E-state index is 0.582. The summed E-state index contributed by atoms with van der Waals surface area (Å²) in [5.41, 5.74) is 6.11. The normalized spacial score (nSPS) is 22.3. The highest BCUT2D eigenvalue weighted by Gasteiger charge is 2.31. The van der Waals surface area contributed by atoms with E-state index in [1.165, 1.54) is 23.1 Å². The van der Waals surface area contributed by atoms with Crippen LogP contribution < -0.4 is 0 Å². The van der Waals surface area contributed by atoms with Crippen LogP contribution in [0.15, 0.2) is 65.3 Å². The lowest BCUT2D eigenvalue weighted by molar-refractivity contribution is 0.700. The molecule has 0 bridgehead atoms. The maximum absolute atomic E-state index is 2.31. The van der Waals surface area contributed by atoms with Crippen molar-refractivity contribution in [2.45, 2.75) is 26.2 Å². The molecule has 2 aliphatic carbocycles. The van der Waals surface area contributed by atoms with E-state index in [0.29, 0.717) is 11.8 Å². The van der Waals surface area contributed by atoms with Crippen LogP contribution >= 0.6 is 0 Å². The zero-order valence-corrected chi connectivity index (χ0v) is 10.5. The standard InChI is InChI=1S/C17H18/c1-12(2)16-11-17(13-7-4-3-5-8-13)15-10-6-9-14(15)16/h3-10,12,17H,11H2,1-2H3. The van der Waals surface area contributed by atoms with Gasteiger partial charge in [-0.25, -0.2) is 0 Å². The Balaban J connectivity index is 1.99. The van der Waals surface area contributed by atoms with Gasteiger partial charge in [-0.1, -0.05) is 68.0 Å². The van der Waals surface area contributed by atoms with E-state index in [9.17, 15) is 0 Å². The number of allylic oxidation sites excluding steroid dienone is 6. The van der Waals surface area contributed by atoms with Crippen LogP contribution in [0.5, 0.6) is 0 Å². The predicted octanol–water partition coefficient (Wildman–Crippen LogP) is 4.62. The first-order chi connectivity index (χ1) is 8.27. The fourth-order valence-corrected chi connectivity index (χ4v) is 3.00. The van der Waals surface area contributed by atoms with Gasteiger partial charge in [0.25, 0.3) is 0 Å². The topological polar surface area (TPSA) is 0 Å². The lowest BCUT2D eigenvalue weighted by Crippen LogP contribution is -1.98. The molecular weight excluding hydrogens is 204 g/mol. The molecule has 0 aromatic heterocycles. The van der Waals surface area contributed by atoms with Gasteiger partial charge in [0.05, 0.1) is 0 Å². The molecule has 0 aliphatic heterocycles. The van der Waals surface area contributed by atoms with Crippen molar-refractivity contribution < 1.29 is 0 Å². The molecular formula is C17H18. The Morgan fingerprint density at radius 3 is 2.59 bits per heavy atom. The van der Waals surface area contributed by atoms with Gasteiger partial charge < -0.3 is 0 Å². The summed E-state index contributed by atoms with van der Waals surface area (Å²) in [6.07, 6.45) is 7.98. The first kappa shape index (κ1) is 10.6. The molecule has 1 atom stereocenters. The number of hydrogen-bond acceptors (Lipinski definition) is 0. The van der Waals surface area contributed by atoms with Crippen LogP contribution in [0, 0.1) is 5.92 Å². The van der Waals surface area contributed by atoms with Gasteiger partial charge in [0.2, 0.25) is 0 Å². The summed E-state index contributed by atoms with van der Waals surface area (Å²) in [6.45, 7) is 4.61. The Morgan fingerprint density at radius 2 is 1.88 bits per heavy atom. The molecule has 0 fully saturated rings. The maximum atomic E-state index is 2.31. The average molecular weight is 222 g/mol. The smallest absolute Gasteiger partial charge is 0.0133 e. The van der Waals surface area contributed by atoms with E-state index in [2.05, 4.69) is 62.4 Å². The molecule has 0 heteroatoms. The number of hydrogen-bond donors (Lipinski definition) is 0. The molecule has 0 saturated heterocycles. The molecule has 1 unspecified atom stereocenters. The van der Waals surface area contributed by atoms with E-state index in [4.69, 9.17) is 0 Å². The third kappa shape index (κ3) is 1.68. The molecule has 17 heavy (non-hydrogen) atoms. The third-order valence-corrected chi connectivity index (χ3v) is 3.89.